The zero-order valence-electron chi connectivity index (χ0n) is 12.1. The molecular weight excluding hydrogens is 300 g/mol. The molecule has 0 amide bonds. The van der Waals surface area contributed by atoms with Gasteiger partial charge >= 0.3 is 0 Å². The molecule has 4 nitrogen and oxygen atoms in total. The van der Waals surface area contributed by atoms with Gasteiger partial charge in [-0.2, -0.15) is 0 Å². The Morgan fingerprint density at radius 1 is 1.14 bits per heavy atom. The number of nitrogens with two attached hydrogens (primary N) is 1. The van der Waals surface area contributed by atoms with E-state index in [-0.39, 0.29) is 0 Å². The van der Waals surface area contributed by atoms with Crippen LogP contribution in [0, 0.1) is 0 Å². The van der Waals surface area contributed by atoms with E-state index in [1.165, 1.54) is 4.88 Å². The number of aromatic nitrogens is 2. The summed E-state index contributed by atoms with van der Waals surface area (Å²) in [6.45, 7) is 6.02. The van der Waals surface area contributed by atoms with E-state index >= 15 is 0 Å². The lowest BCUT2D eigenvalue weighted by Gasteiger charge is -2.25. The molecule has 0 radical (unpaired) electrons. The molecule has 2 N–H and O–H groups in total. The largest absolute Gasteiger partial charge is 0.383 e. The molecule has 0 aliphatic rings. The van der Waals surface area contributed by atoms with E-state index in [4.69, 9.17) is 5.73 Å². The highest BCUT2D eigenvalue weighted by Crippen LogP contribution is 2.24. The summed E-state index contributed by atoms with van der Waals surface area (Å²) in [5, 5.41) is 5.07. The van der Waals surface area contributed by atoms with Gasteiger partial charge in [0, 0.05) is 17.5 Å². The zero-order valence-corrected chi connectivity index (χ0v) is 13.7. The first-order chi connectivity index (χ1) is 10.1. The van der Waals surface area contributed by atoms with Crippen molar-refractivity contribution in [2.45, 2.75) is 33.0 Å². The first kappa shape index (κ1) is 14.4. The third-order valence-electron chi connectivity index (χ3n) is 3.41. The molecule has 21 heavy (non-hydrogen) atoms. The Morgan fingerprint density at radius 3 is 2.71 bits per heavy atom. The van der Waals surface area contributed by atoms with E-state index in [0.29, 0.717) is 18.4 Å². The predicted molar refractivity (Wildman–Crippen MR) is 90.5 cm³/mol. The van der Waals surface area contributed by atoms with Crippen molar-refractivity contribution >= 4 is 38.7 Å². The minimum absolute atomic E-state index is 0.427. The highest BCUT2D eigenvalue weighted by molar-refractivity contribution is 7.16. The molecule has 0 saturated carbocycles. The average molecular weight is 318 g/mol. The number of fused-ring (bicyclic) bond motifs is 1. The van der Waals surface area contributed by atoms with Crippen LogP contribution >= 0.6 is 22.7 Å². The van der Waals surface area contributed by atoms with Gasteiger partial charge in [-0.15, -0.1) is 22.7 Å². The van der Waals surface area contributed by atoms with Gasteiger partial charge < -0.3 is 5.73 Å². The number of thiophene rings is 2. The van der Waals surface area contributed by atoms with Crippen molar-refractivity contribution in [3.05, 3.63) is 39.7 Å². The van der Waals surface area contributed by atoms with Crippen LogP contribution in [-0.4, -0.2) is 20.9 Å². The summed E-state index contributed by atoms with van der Waals surface area (Å²) in [6, 6.07) is 6.66. The van der Waals surface area contributed by atoms with E-state index in [1.807, 2.05) is 11.4 Å². The minimum atomic E-state index is 0.427. The summed E-state index contributed by atoms with van der Waals surface area (Å²) < 4.78 is 0. The normalized spacial score (nSPS) is 11.8. The van der Waals surface area contributed by atoms with E-state index in [0.717, 1.165) is 22.6 Å². The lowest BCUT2D eigenvalue weighted by molar-refractivity contribution is 0.200. The first-order valence-electron chi connectivity index (χ1n) is 6.89. The Kier molecular flexibility index (Phi) is 4.19. The van der Waals surface area contributed by atoms with Crippen molar-refractivity contribution in [2.24, 2.45) is 0 Å². The number of anilines is 1. The molecule has 0 saturated heterocycles. The Morgan fingerprint density at radius 2 is 2.00 bits per heavy atom. The fourth-order valence-corrected chi connectivity index (χ4v) is 3.72. The van der Waals surface area contributed by atoms with Gasteiger partial charge in [0.1, 0.15) is 16.5 Å². The Hall–Kier alpha value is -1.50. The van der Waals surface area contributed by atoms with Crippen LogP contribution in [0.5, 0.6) is 0 Å². The number of hydrogen-bond acceptors (Lipinski definition) is 6. The summed E-state index contributed by atoms with van der Waals surface area (Å²) >= 11 is 3.39. The molecule has 0 atom stereocenters. The standard InChI is InChI=1S/C15H18N4S2/c1-10(2)19(8-11-4-3-6-20-11)9-13-17-14(16)12-5-7-21-15(12)18-13/h3-7,10H,8-9H2,1-2H3,(H2,16,17,18). The average Bonchev–Trinajstić information content (AvgIpc) is 3.08. The number of rotatable bonds is 5. The van der Waals surface area contributed by atoms with E-state index < -0.39 is 0 Å². The van der Waals surface area contributed by atoms with Crippen LogP contribution in [0.2, 0.25) is 0 Å². The van der Waals surface area contributed by atoms with Crippen LogP contribution < -0.4 is 5.73 Å². The van der Waals surface area contributed by atoms with Crippen LogP contribution in [0.3, 0.4) is 0 Å². The fourth-order valence-electron chi connectivity index (χ4n) is 2.20. The van der Waals surface area contributed by atoms with Gasteiger partial charge in [0.25, 0.3) is 0 Å². The van der Waals surface area contributed by atoms with Gasteiger partial charge in [-0.05, 0) is 36.7 Å². The number of nitrogens with zero attached hydrogens (tertiary/aromatic N) is 3. The van der Waals surface area contributed by atoms with Gasteiger partial charge in [-0.1, -0.05) is 6.07 Å². The van der Waals surface area contributed by atoms with Crippen molar-refractivity contribution in [1.82, 2.24) is 14.9 Å². The maximum atomic E-state index is 6.03. The van der Waals surface area contributed by atoms with Crippen molar-refractivity contribution in [3.8, 4) is 0 Å². The van der Waals surface area contributed by atoms with Crippen molar-refractivity contribution < 1.29 is 0 Å². The summed E-state index contributed by atoms with van der Waals surface area (Å²) in [5.74, 6) is 1.38. The summed E-state index contributed by atoms with van der Waals surface area (Å²) in [4.78, 5) is 13.8. The molecule has 3 aromatic rings. The third kappa shape index (κ3) is 3.23. The van der Waals surface area contributed by atoms with E-state index in [1.54, 1.807) is 22.7 Å². The molecule has 0 aliphatic carbocycles. The van der Waals surface area contributed by atoms with Crippen LogP contribution in [0.25, 0.3) is 10.2 Å². The monoisotopic (exact) mass is 318 g/mol. The SMILES string of the molecule is CC(C)N(Cc1nc(N)c2ccsc2n1)Cc1cccs1. The molecule has 6 heteroatoms. The molecule has 3 heterocycles. The van der Waals surface area contributed by atoms with Gasteiger partial charge in [-0.25, -0.2) is 9.97 Å². The van der Waals surface area contributed by atoms with Crippen LogP contribution in [-0.2, 0) is 13.1 Å². The first-order valence-corrected chi connectivity index (χ1v) is 8.65. The lowest BCUT2D eigenvalue weighted by atomic mass is 10.3. The second-order valence-corrected chi connectivity index (χ2v) is 7.17. The molecule has 3 aromatic heterocycles. The second-order valence-electron chi connectivity index (χ2n) is 5.24. The van der Waals surface area contributed by atoms with Crippen LogP contribution in [0.4, 0.5) is 5.82 Å². The molecule has 0 bridgehead atoms. The Balaban J connectivity index is 1.83. The smallest absolute Gasteiger partial charge is 0.146 e. The topological polar surface area (TPSA) is 55.0 Å². The molecule has 0 aliphatic heterocycles. The second kappa shape index (κ2) is 6.09. The van der Waals surface area contributed by atoms with Crippen LogP contribution in [0.1, 0.15) is 24.5 Å². The van der Waals surface area contributed by atoms with E-state index in [9.17, 15) is 0 Å². The molecule has 0 fully saturated rings. The van der Waals surface area contributed by atoms with E-state index in [2.05, 4.69) is 46.2 Å². The predicted octanol–water partition coefficient (Wildman–Crippen LogP) is 3.75. The highest BCUT2D eigenvalue weighted by atomic mass is 32.1. The molecule has 0 aromatic carbocycles. The van der Waals surface area contributed by atoms with Gasteiger partial charge in [0.05, 0.1) is 11.9 Å². The summed E-state index contributed by atoms with van der Waals surface area (Å²) in [5.41, 5.74) is 6.03. The zero-order chi connectivity index (χ0) is 14.8. The van der Waals surface area contributed by atoms with Gasteiger partial charge in [0.15, 0.2) is 0 Å². The maximum Gasteiger partial charge on any atom is 0.146 e. The van der Waals surface area contributed by atoms with Crippen molar-refractivity contribution in [2.75, 3.05) is 5.73 Å². The molecule has 110 valence electrons. The van der Waals surface area contributed by atoms with Gasteiger partial charge in [-0.3, -0.25) is 4.90 Å². The molecule has 0 spiro atoms. The van der Waals surface area contributed by atoms with Gasteiger partial charge in [0.2, 0.25) is 0 Å². The van der Waals surface area contributed by atoms with Crippen LogP contribution in [0.15, 0.2) is 29.0 Å². The van der Waals surface area contributed by atoms with Crippen molar-refractivity contribution in [1.29, 1.82) is 0 Å². The Bertz CT molecular complexity index is 718. The number of nitrogen functional groups attached to an aromatic ring is 1. The molecule has 3 rings (SSSR count). The maximum absolute atomic E-state index is 6.03. The number of hydrogen-bond donors (Lipinski definition) is 1. The quantitative estimate of drug-likeness (QED) is 0.778. The van der Waals surface area contributed by atoms with Crippen molar-refractivity contribution in [3.63, 3.8) is 0 Å². The summed E-state index contributed by atoms with van der Waals surface area (Å²) in [7, 11) is 0. The minimum Gasteiger partial charge on any atom is -0.383 e. The molecular formula is C15H18N4S2. The summed E-state index contributed by atoms with van der Waals surface area (Å²) in [6.07, 6.45) is 0. The Labute approximate surface area is 132 Å². The lowest BCUT2D eigenvalue weighted by Crippen LogP contribution is -2.30. The highest BCUT2D eigenvalue weighted by Gasteiger charge is 2.15. The fraction of sp³-hybridized carbons (Fsp3) is 0.333. The molecule has 0 unspecified atom stereocenters. The third-order valence-corrected chi connectivity index (χ3v) is 5.08.